The molecule has 0 heterocycles. The largest absolute Gasteiger partial charge is 0.494 e. The third-order valence-electron chi connectivity index (χ3n) is 2.92. The maximum Gasteiger partial charge on any atom is 0.219 e. The lowest BCUT2D eigenvalue weighted by molar-refractivity contribution is -0.120. The fourth-order valence-electron chi connectivity index (χ4n) is 1.68. The number of benzene rings is 1. The highest BCUT2D eigenvalue weighted by Gasteiger charge is 2.10. The third-order valence-corrected chi connectivity index (χ3v) is 3.70. The highest BCUT2D eigenvalue weighted by molar-refractivity contribution is 9.10. The van der Waals surface area contributed by atoms with Gasteiger partial charge in [0.2, 0.25) is 5.91 Å². The highest BCUT2D eigenvalue weighted by Crippen LogP contribution is 2.23. The lowest BCUT2D eigenvalue weighted by Gasteiger charge is -2.21. The fraction of sp³-hybridized carbons (Fsp3) is 0.562. The van der Waals surface area contributed by atoms with Crippen LogP contribution in [0.5, 0.6) is 5.75 Å². The molecule has 0 fully saturated rings. The van der Waals surface area contributed by atoms with Gasteiger partial charge in [0.05, 0.1) is 6.61 Å². The number of ether oxygens (including phenoxy) is 1. The van der Waals surface area contributed by atoms with Gasteiger partial charge < -0.3 is 15.4 Å². The van der Waals surface area contributed by atoms with E-state index in [1.54, 1.807) is 7.05 Å². The molecule has 118 valence electrons. The van der Waals surface area contributed by atoms with Crippen molar-refractivity contribution in [3.05, 3.63) is 28.2 Å². The summed E-state index contributed by atoms with van der Waals surface area (Å²) in [4.78, 5) is 11.1. The first-order valence-corrected chi connectivity index (χ1v) is 7.98. The molecule has 1 aromatic rings. The molecule has 0 aliphatic carbocycles. The molecule has 1 rings (SSSR count). The molecule has 0 saturated carbocycles. The van der Waals surface area contributed by atoms with E-state index in [1.165, 1.54) is 0 Å². The summed E-state index contributed by atoms with van der Waals surface area (Å²) in [6.45, 7) is 7.74. The minimum atomic E-state index is 0.0458. The Hall–Kier alpha value is -1.07. The Morgan fingerprint density at radius 1 is 1.33 bits per heavy atom. The van der Waals surface area contributed by atoms with Gasteiger partial charge in [-0.3, -0.25) is 4.79 Å². The van der Waals surface area contributed by atoms with E-state index in [0.29, 0.717) is 19.4 Å². The monoisotopic (exact) mass is 356 g/mol. The number of amides is 1. The molecule has 21 heavy (non-hydrogen) atoms. The van der Waals surface area contributed by atoms with Crippen molar-refractivity contribution in [2.45, 2.75) is 45.7 Å². The quantitative estimate of drug-likeness (QED) is 0.737. The number of halogens is 1. The summed E-state index contributed by atoms with van der Waals surface area (Å²) in [5.41, 5.74) is 1.23. The predicted octanol–water partition coefficient (Wildman–Crippen LogP) is 3.24. The Morgan fingerprint density at radius 3 is 2.67 bits per heavy atom. The van der Waals surface area contributed by atoms with Crippen molar-refractivity contribution in [3.8, 4) is 5.75 Å². The first-order valence-electron chi connectivity index (χ1n) is 7.18. The number of hydrogen-bond acceptors (Lipinski definition) is 3. The van der Waals surface area contributed by atoms with E-state index in [0.717, 1.165) is 22.3 Å². The summed E-state index contributed by atoms with van der Waals surface area (Å²) in [6, 6.07) is 5.96. The molecule has 0 radical (unpaired) electrons. The van der Waals surface area contributed by atoms with Gasteiger partial charge in [0, 0.05) is 30.0 Å². The molecule has 2 N–H and O–H groups in total. The Morgan fingerprint density at radius 2 is 2.05 bits per heavy atom. The van der Waals surface area contributed by atoms with E-state index in [2.05, 4.69) is 47.3 Å². The maximum absolute atomic E-state index is 11.1. The van der Waals surface area contributed by atoms with Crippen molar-refractivity contribution in [3.63, 3.8) is 0 Å². The van der Waals surface area contributed by atoms with Gasteiger partial charge in [0.1, 0.15) is 5.75 Å². The van der Waals surface area contributed by atoms with Crippen LogP contribution in [0.15, 0.2) is 22.7 Å². The molecule has 0 atom stereocenters. The molecule has 0 aromatic heterocycles. The van der Waals surface area contributed by atoms with Crippen molar-refractivity contribution < 1.29 is 9.53 Å². The fourth-order valence-corrected chi connectivity index (χ4v) is 2.07. The molecular weight excluding hydrogens is 332 g/mol. The van der Waals surface area contributed by atoms with Crippen molar-refractivity contribution >= 4 is 21.8 Å². The van der Waals surface area contributed by atoms with Crippen LogP contribution in [0, 0.1) is 0 Å². The van der Waals surface area contributed by atoms with Crippen LogP contribution < -0.4 is 15.4 Å². The van der Waals surface area contributed by atoms with Crippen molar-refractivity contribution in [2.24, 2.45) is 0 Å². The minimum absolute atomic E-state index is 0.0458. The summed E-state index contributed by atoms with van der Waals surface area (Å²) < 4.78 is 6.77. The second-order valence-electron chi connectivity index (χ2n) is 5.98. The molecule has 1 aromatic carbocycles. The van der Waals surface area contributed by atoms with Crippen LogP contribution in [0.4, 0.5) is 0 Å². The molecule has 0 aliphatic heterocycles. The van der Waals surface area contributed by atoms with Crippen molar-refractivity contribution in [1.29, 1.82) is 0 Å². The summed E-state index contributed by atoms with van der Waals surface area (Å²) in [6.07, 6.45) is 1.21. The number of hydrogen-bond donors (Lipinski definition) is 2. The second kappa shape index (κ2) is 8.39. The molecule has 0 bridgehead atoms. The first kappa shape index (κ1) is 18.0. The van der Waals surface area contributed by atoms with Crippen molar-refractivity contribution in [2.75, 3.05) is 13.7 Å². The van der Waals surface area contributed by atoms with Gasteiger partial charge >= 0.3 is 0 Å². The topological polar surface area (TPSA) is 50.4 Å². The normalized spacial score (nSPS) is 11.3. The Balaban J connectivity index is 2.50. The van der Waals surface area contributed by atoms with Gasteiger partial charge in [-0.15, -0.1) is 0 Å². The predicted molar refractivity (Wildman–Crippen MR) is 89.5 cm³/mol. The average molecular weight is 357 g/mol. The average Bonchev–Trinajstić information content (AvgIpc) is 2.42. The Kier molecular flexibility index (Phi) is 7.18. The summed E-state index contributed by atoms with van der Waals surface area (Å²) in [5.74, 6) is 0.880. The van der Waals surface area contributed by atoms with Gasteiger partial charge in [-0.25, -0.2) is 0 Å². The van der Waals surface area contributed by atoms with E-state index in [1.807, 2.05) is 18.2 Å². The van der Waals surface area contributed by atoms with E-state index < -0.39 is 0 Å². The number of carbonyl (C=O) groups excluding carboxylic acids is 1. The van der Waals surface area contributed by atoms with Gasteiger partial charge in [0.25, 0.3) is 0 Å². The molecule has 0 saturated heterocycles. The van der Waals surface area contributed by atoms with Gasteiger partial charge in [-0.05, 0) is 51.0 Å². The molecule has 0 spiro atoms. The van der Waals surface area contributed by atoms with E-state index >= 15 is 0 Å². The zero-order chi connectivity index (χ0) is 15.9. The summed E-state index contributed by atoms with van der Waals surface area (Å²) in [5, 5.41) is 6.06. The van der Waals surface area contributed by atoms with Crippen LogP contribution in [0.25, 0.3) is 0 Å². The molecular formula is C16H25BrN2O2. The van der Waals surface area contributed by atoms with E-state index in [9.17, 15) is 4.79 Å². The van der Waals surface area contributed by atoms with Gasteiger partial charge in [0.15, 0.2) is 0 Å². The molecule has 1 amide bonds. The number of carbonyl (C=O) groups is 1. The summed E-state index contributed by atoms with van der Waals surface area (Å²) >= 11 is 3.56. The van der Waals surface area contributed by atoms with E-state index in [4.69, 9.17) is 4.74 Å². The molecule has 0 aliphatic rings. The van der Waals surface area contributed by atoms with Gasteiger partial charge in [-0.1, -0.05) is 15.9 Å². The molecule has 0 unspecified atom stereocenters. The first-order chi connectivity index (χ1) is 9.81. The molecule has 5 heteroatoms. The summed E-state index contributed by atoms with van der Waals surface area (Å²) in [7, 11) is 1.65. The Labute approximate surface area is 135 Å². The number of rotatable bonds is 7. The van der Waals surface area contributed by atoms with Gasteiger partial charge in [-0.2, -0.15) is 0 Å². The third kappa shape index (κ3) is 7.48. The second-order valence-corrected chi connectivity index (χ2v) is 6.84. The van der Waals surface area contributed by atoms with Crippen LogP contribution in [0.2, 0.25) is 0 Å². The minimum Gasteiger partial charge on any atom is -0.494 e. The van der Waals surface area contributed by atoms with Crippen molar-refractivity contribution in [1.82, 2.24) is 10.6 Å². The van der Waals surface area contributed by atoms with Crippen LogP contribution in [-0.4, -0.2) is 25.1 Å². The highest BCUT2D eigenvalue weighted by atomic mass is 79.9. The van der Waals surface area contributed by atoms with E-state index in [-0.39, 0.29) is 11.4 Å². The zero-order valence-corrected chi connectivity index (χ0v) is 14.8. The Bertz CT molecular complexity index is 470. The number of nitrogens with one attached hydrogen (secondary N) is 2. The lowest BCUT2D eigenvalue weighted by Crippen LogP contribution is -2.35. The smallest absolute Gasteiger partial charge is 0.219 e. The SMILES string of the molecule is CNC(=O)CCCOc1ccc(Br)c(CNC(C)(C)C)c1. The zero-order valence-electron chi connectivity index (χ0n) is 13.3. The van der Waals surface area contributed by atoms with Crippen LogP contribution in [0.1, 0.15) is 39.2 Å². The van der Waals surface area contributed by atoms with Crippen LogP contribution in [0.3, 0.4) is 0 Å². The maximum atomic E-state index is 11.1. The molecule has 4 nitrogen and oxygen atoms in total. The van der Waals surface area contributed by atoms with Crippen LogP contribution in [-0.2, 0) is 11.3 Å². The van der Waals surface area contributed by atoms with Crippen LogP contribution >= 0.6 is 15.9 Å². The lowest BCUT2D eigenvalue weighted by atomic mass is 10.1. The standard InChI is InChI=1S/C16H25BrN2O2/c1-16(2,3)19-11-12-10-13(7-8-14(12)17)21-9-5-6-15(20)18-4/h7-8,10,19H,5-6,9,11H2,1-4H3,(H,18,20).